The van der Waals surface area contributed by atoms with Crippen LogP contribution in [0.15, 0.2) is 24.3 Å². The Hall–Kier alpha value is -2.70. The summed E-state index contributed by atoms with van der Waals surface area (Å²) in [6.45, 7) is -0.379. The van der Waals surface area contributed by atoms with E-state index in [0.717, 1.165) is 19.3 Å². The summed E-state index contributed by atoms with van der Waals surface area (Å²) in [4.78, 5) is 47.3. The van der Waals surface area contributed by atoms with E-state index in [1.165, 1.54) is 12.1 Å². The number of benzene rings is 1. The third kappa shape index (κ3) is 4.09. The molecule has 3 rings (SSSR count). The molecule has 1 aromatic rings. The molecule has 2 aliphatic rings. The SMILES string of the molecule is NC(=O)c1ccc(NC(=O)COC(=O)C2C[C@H]3CCC[C@@H](C2)C3=O)cc1. The number of rotatable bonds is 5. The van der Waals surface area contributed by atoms with Gasteiger partial charge in [-0.25, -0.2) is 0 Å². The van der Waals surface area contributed by atoms with Crippen molar-refractivity contribution in [2.24, 2.45) is 23.5 Å². The second-order valence-corrected chi connectivity index (χ2v) is 6.99. The Labute approximate surface area is 151 Å². The largest absolute Gasteiger partial charge is 0.455 e. The number of nitrogens with two attached hydrogens (primary N) is 1. The molecule has 0 aromatic heterocycles. The number of nitrogens with one attached hydrogen (secondary N) is 1. The monoisotopic (exact) mass is 358 g/mol. The molecule has 0 radical (unpaired) electrons. The van der Waals surface area contributed by atoms with Crippen molar-refractivity contribution < 1.29 is 23.9 Å². The molecule has 26 heavy (non-hydrogen) atoms. The number of anilines is 1. The van der Waals surface area contributed by atoms with Crippen molar-refractivity contribution in [1.82, 2.24) is 0 Å². The van der Waals surface area contributed by atoms with Crippen LogP contribution in [0.5, 0.6) is 0 Å². The van der Waals surface area contributed by atoms with Crippen LogP contribution in [0.2, 0.25) is 0 Å². The van der Waals surface area contributed by atoms with Crippen LogP contribution < -0.4 is 11.1 Å². The van der Waals surface area contributed by atoms with E-state index in [1.807, 2.05) is 0 Å². The Bertz CT molecular complexity index is 712. The first-order chi connectivity index (χ1) is 12.4. The zero-order chi connectivity index (χ0) is 18.7. The normalized spacial score (nSPS) is 24.6. The van der Waals surface area contributed by atoms with E-state index in [-0.39, 0.29) is 30.1 Å². The minimum absolute atomic E-state index is 0.0300. The van der Waals surface area contributed by atoms with E-state index in [4.69, 9.17) is 10.5 Å². The Morgan fingerprint density at radius 3 is 2.27 bits per heavy atom. The zero-order valence-corrected chi connectivity index (χ0v) is 14.4. The number of hydrogen-bond donors (Lipinski definition) is 2. The number of hydrogen-bond acceptors (Lipinski definition) is 5. The summed E-state index contributed by atoms with van der Waals surface area (Å²) >= 11 is 0. The van der Waals surface area contributed by atoms with Crippen LogP contribution in [0.4, 0.5) is 5.69 Å². The molecule has 0 saturated heterocycles. The minimum Gasteiger partial charge on any atom is -0.455 e. The van der Waals surface area contributed by atoms with Crippen LogP contribution in [0, 0.1) is 17.8 Å². The lowest BCUT2D eigenvalue weighted by Crippen LogP contribution is -2.40. The molecule has 2 saturated carbocycles. The quantitative estimate of drug-likeness (QED) is 0.777. The van der Waals surface area contributed by atoms with Crippen LogP contribution >= 0.6 is 0 Å². The van der Waals surface area contributed by atoms with Gasteiger partial charge in [-0.2, -0.15) is 0 Å². The van der Waals surface area contributed by atoms with Gasteiger partial charge in [-0.3, -0.25) is 19.2 Å². The van der Waals surface area contributed by atoms with Crippen molar-refractivity contribution in [1.29, 1.82) is 0 Å². The molecule has 0 spiro atoms. The van der Waals surface area contributed by atoms with E-state index in [0.29, 0.717) is 24.1 Å². The van der Waals surface area contributed by atoms with Gasteiger partial charge in [0.2, 0.25) is 5.91 Å². The maximum atomic E-state index is 12.2. The summed E-state index contributed by atoms with van der Waals surface area (Å²) in [5.74, 6) is -1.49. The number of primary amides is 1. The van der Waals surface area contributed by atoms with Crippen LogP contribution in [-0.4, -0.2) is 30.2 Å². The summed E-state index contributed by atoms with van der Waals surface area (Å²) in [6.07, 6.45) is 3.80. The first kappa shape index (κ1) is 18.1. The molecule has 2 fully saturated rings. The highest BCUT2D eigenvalue weighted by Gasteiger charge is 2.41. The predicted octanol–water partition coefficient (Wildman–Crippen LogP) is 1.66. The van der Waals surface area contributed by atoms with Crippen molar-refractivity contribution in [2.75, 3.05) is 11.9 Å². The third-order valence-corrected chi connectivity index (χ3v) is 5.18. The predicted molar refractivity (Wildman–Crippen MR) is 93.1 cm³/mol. The van der Waals surface area contributed by atoms with Crippen molar-refractivity contribution in [3.05, 3.63) is 29.8 Å². The van der Waals surface area contributed by atoms with Crippen LogP contribution in [0.25, 0.3) is 0 Å². The lowest BCUT2D eigenvalue weighted by molar-refractivity contribution is -0.155. The molecule has 7 nitrogen and oxygen atoms in total. The van der Waals surface area contributed by atoms with Gasteiger partial charge in [0.25, 0.3) is 5.91 Å². The van der Waals surface area contributed by atoms with Gasteiger partial charge in [-0.15, -0.1) is 0 Å². The average molecular weight is 358 g/mol. The summed E-state index contributed by atoms with van der Waals surface area (Å²) in [5.41, 5.74) is 5.97. The number of carbonyl (C=O) groups is 4. The van der Waals surface area contributed by atoms with Crippen molar-refractivity contribution >= 4 is 29.3 Å². The van der Waals surface area contributed by atoms with Crippen molar-refractivity contribution in [3.63, 3.8) is 0 Å². The Morgan fingerprint density at radius 2 is 1.69 bits per heavy atom. The highest BCUT2D eigenvalue weighted by atomic mass is 16.5. The zero-order valence-electron chi connectivity index (χ0n) is 14.4. The highest BCUT2D eigenvalue weighted by molar-refractivity contribution is 5.95. The van der Waals surface area contributed by atoms with Crippen LogP contribution in [-0.2, 0) is 19.1 Å². The number of ether oxygens (including phenoxy) is 1. The molecule has 0 aliphatic heterocycles. The Balaban J connectivity index is 1.47. The topological polar surface area (TPSA) is 116 Å². The second-order valence-electron chi connectivity index (χ2n) is 6.99. The van der Waals surface area contributed by atoms with Gasteiger partial charge >= 0.3 is 5.97 Å². The molecule has 0 heterocycles. The van der Waals surface area contributed by atoms with Gasteiger partial charge in [-0.1, -0.05) is 6.42 Å². The first-order valence-corrected chi connectivity index (χ1v) is 8.84. The standard InChI is InChI=1S/C19H22N2O5/c20-18(24)11-4-6-15(7-5-11)21-16(22)10-26-19(25)14-8-12-2-1-3-13(9-14)17(12)23/h4-7,12-14H,1-3,8-10H2,(H2,20,24)(H,21,22)/t12-,13+,14?. The van der Waals surface area contributed by atoms with E-state index in [9.17, 15) is 19.2 Å². The fraction of sp³-hybridized carbons (Fsp3) is 0.474. The van der Waals surface area contributed by atoms with E-state index < -0.39 is 17.8 Å². The number of Topliss-reactive ketones (excluding diaryl/α,β-unsaturated/α-hetero) is 1. The second kappa shape index (κ2) is 7.68. The van der Waals surface area contributed by atoms with Crippen LogP contribution in [0.1, 0.15) is 42.5 Å². The minimum atomic E-state index is -0.549. The number of ketones is 1. The number of fused-ring (bicyclic) bond motifs is 2. The lowest BCUT2D eigenvalue weighted by Gasteiger charge is -2.36. The molecule has 2 aliphatic carbocycles. The van der Waals surface area contributed by atoms with Crippen molar-refractivity contribution in [2.45, 2.75) is 32.1 Å². The summed E-state index contributed by atoms with van der Waals surface area (Å²) in [6, 6.07) is 6.10. The smallest absolute Gasteiger partial charge is 0.309 e. The number of carbonyl (C=O) groups excluding carboxylic acids is 4. The van der Waals surface area contributed by atoms with Gasteiger partial charge in [0.05, 0.1) is 5.92 Å². The maximum Gasteiger partial charge on any atom is 0.309 e. The molecule has 1 aromatic carbocycles. The third-order valence-electron chi connectivity index (χ3n) is 5.18. The Kier molecular flexibility index (Phi) is 5.35. The van der Waals surface area contributed by atoms with Gasteiger partial charge in [-0.05, 0) is 49.9 Å². The van der Waals surface area contributed by atoms with E-state index >= 15 is 0 Å². The first-order valence-electron chi connectivity index (χ1n) is 8.84. The fourth-order valence-corrected chi connectivity index (χ4v) is 3.84. The molecular formula is C19H22N2O5. The average Bonchev–Trinajstić information content (AvgIpc) is 2.60. The highest BCUT2D eigenvalue weighted by Crippen LogP contribution is 2.40. The summed E-state index contributed by atoms with van der Waals surface area (Å²) < 4.78 is 5.14. The summed E-state index contributed by atoms with van der Waals surface area (Å²) in [7, 11) is 0. The molecule has 3 atom stereocenters. The number of amides is 2. The van der Waals surface area contributed by atoms with Crippen LogP contribution in [0.3, 0.4) is 0 Å². The molecule has 2 bridgehead atoms. The molecule has 3 N–H and O–H groups in total. The van der Waals surface area contributed by atoms with Gasteiger partial charge in [0.15, 0.2) is 6.61 Å². The van der Waals surface area contributed by atoms with Crippen molar-refractivity contribution in [3.8, 4) is 0 Å². The molecule has 7 heteroatoms. The maximum absolute atomic E-state index is 12.2. The molecule has 1 unspecified atom stereocenters. The molecular weight excluding hydrogens is 336 g/mol. The molecule has 2 amide bonds. The van der Waals surface area contributed by atoms with Gasteiger partial charge in [0.1, 0.15) is 5.78 Å². The summed E-state index contributed by atoms with van der Waals surface area (Å²) in [5, 5.41) is 2.59. The van der Waals surface area contributed by atoms with Gasteiger partial charge < -0.3 is 15.8 Å². The van der Waals surface area contributed by atoms with Gasteiger partial charge in [0, 0.05) is 23.1 Å². The number of esters is 1. The fourth-order valence-electron chi connectivity index (χ4n) is 3.84. The molecule has 138 valence electrons. The van der Waals surface area contributed by atoms with E-state index in [2.05, 4.69) is 5.32 Å². The lowest BCUT2D eigenvalue weighted by atomic mass is 9.67. The Morgan fingerprint density at radius 1 is 1.08 bits per heavy atom. The van der Waals surface area contributed by atoms with E-state index in [1.54, 1.807) is 12.1 Å².